The number of H-pyrrole nitrogens is 1. The van der Waals surface area contributed by atoms with Gasteiger partial charge in [0.25, 0.3) is 0 Å². The summed E-state index contributed by atoms with van der Waals surface area (Å²) in [6.45, 7) is 3.66. The van der Waals surface area contributed by atoms with Crippen molar-refractivity contribution in [3.63, 3.8) is 0 Å². The summed E-state index contributed by atoms with van der Waals surface area (Å²) in [5.41, 5.74) is 1.00. The first-order chi connectivity index (χ1) is 10.1. The standard InChI is InChI=1S/C15H17N3O3/c1-11(19)17-6-8-18(9-7-17)15(20)21-13-2-3-14-12(10-13)4-5-16-14/h2-5,10,16H,6-9H2,1H3. The van der Waals surface area contributed by atoms with Crippen LogP contribution in [0.1, 0.15) is 6.92 Å². The minimum absolute atomic E-state index is 0.0425. The molecule has 1 aromatic carbocycles. The molecule has 1 fully saturated rings. The number of piperazine rings is 1. The van der Waals surface area contributed by atoms with Gasteiger partial charge in [0, 0.05) is 50.2 Å². The number of hydrogen-bond donors (Lipinski definition) is 1. The van der Waals surface area contributed by atoms with E-state index >= 15 is 0 Å². The average Bonchev–Trinajstić information content (AvgIpc) is 2.95. The van der Waals surface area contributed by atoms with E-state index in [0.717, 1.165) is 10.9 Å². The van der Waals surface area contributed by atoms with Crippen LogP contribution in [0.5, 0.6) is 5.75 Å². The molecule has 0 aliphatic carbocycles. The lowest BCUT2D eigenvalue weighted by molar-refractivity contribution is -0.130. The number of aromatic amines is 1. The summed E-state index contributed by atoms with van der Waals surface area (Å²) >= 11 is 0. The zero-order chi connectivity index (χ0) is 14.8. The smallest absolute Gasteiger partial charge is 0.410 e. The molecule has 1 aromatic heterocycles. The van der Waals surface area contributed by atoms with Crippen LogP contribution in [0.4, 0.5) is 4.79 Å². The van der Waals surface area contributed by atoms with E-state index in [9.17, 15) is 9.59 Å². The molecule has 0 unspecified atom stereocenters. The van der Waals surface area contributed by atoms with Crippen LogP contribution < -0.4 is 4.74 Å². The van der Waals surface area contributed by atoms with Crippen LogP contribution in [0.25, 0.3) is 10.9 Å². The number of carbonyl (C=O) groups excluding carboxylic acids is 2. The number of benzene rings is 1. The van der Waals surface area contributed by atoms with Crippen molar-refractivity contribution in [2.75, 3.05) is 26.2 Å². The molecule has 0 bridgehead atoms. The fourth-order valence-corrected chi connectivity index (χ4v) is 2.46. The molecule has 0 spiro atoms. The second kappa shape index (κ2) is 5.47. The summed E-state index contributed by atoms with van der Waals surface area (Å²) in [5, 5.41) is 1.00. The molecule has 21 heavy (non-hydrogen) atoms. The number of amides is 2. The molecular weight excluding hydrogens is 270 g/mol. The molecule has 0 atom stereocenters. The van der Waals surface area contributed by atoms with E-state index in [1.807, 2.05) is 24.4 Å². The number of carbonyl (C=O) groups is 2. The van der Waals surface area contributed by atoms with Gasteiger partial charge in [0.2, 0.25) is 5.91 Å². The molecule has 2 heterocycles. The molecule has 1 aliphatic heterocycles. The number of fused-ring (bicyclic) bond motifs is 1. The van der Waals surface area contributed by atoms with Gasteiger partial charge in [-0.3, -0.25) is 4.79 Å². The highest BCUT2D eigenvalue weighted by atomic mass is 16.6. The zero-order valence-electron chi connectivity index (χ0n) is 11.8. The van der Waals surface area contributed by atoms with E-state index in [1.165, 1.54) is 0 Å². The van der Waals surface area contributed by atoms with Crippen LogP contribution in [0.3, 0.4) is 0 Å². The van der Waals surface area contributed by atoms with Gasteiger partial charge in [-0.1, -0.05) is 0 Å². The lowest BCUT2D eigenvalue weighted by Crippen LogP contribution is -2.50. The summed E-state index contributed by atoms with van der Waals surface area (Å²) in [4.78, 5) is 29.8. The fourth-order valence-electron chi connectivity index (χ4n) is 2.46. The van der Waals surface area contributed by atoms with E-state index in [0.29, 0.717) is 31.9 Å². The van der Waals surface area contributed by atoms with Crippen LogP contribution in [0, 0.1) is 0 Å². The van der Waals surface area contributed by atoms with Gasteiger partial charge in [-0.15, -0.1) is 0 Å². The summed E-state index contributed by atoms with van der Waals surface area (Å²) in [7, 11) is 0. The normalized spacial score (nSPS) is 15.3. The van der Waals surface area contributed by atoms with Crippen molar-refractivity contribution in [3.8, 4) is 5.75 Å². The first-order valence-corrected chi connectivity index (χ1v) is 6.93. The maximum absolute atomic E-state index is 12.1. The van der Waals surface area contributed by atoms with E-state index in [4.69, 9.17) is 4.74 Å². The Morgan fingerprint density at radius 2 is 1.81 bits per heavy atom. The predicted octanol–water partition coefficient (Wildman–Crippen LogP) is 1.83. The topological polar surface area (TPSA) is 65.6 Å². The Bertz CT molecular complexity index is 672. The minimum atomic E-state index is -0.368. The minimum Gasteiger partial charge on any atom is -0.410 e. The Balaban J connectivity index is 1.62. The molecule has 2 aromatic rings. The Morgan fingerprint density at radius 1 is 1.10 bits per heavy atom. The molecule has 0 saturated carbocycles. The second-order valence-electron chi connectivity index (χ2n) is 5.09. The van der Waals surface area contributed by atoms with Gasteiger partial charge in [-0.25, -0.2) is 4.79 Å². The quantitative estimate of drug-likeness (QED) is 0.870. The van der Waals surface area contributed by atoms with Crippen molar-refractivity contribution in [1.29, 1.82) is 0 Å². The maximum atomic E-state index is 12.1. The van der Waals surface area contributed by atoms with Crippen molar-refractivity contribution < 1.29 is 14.3 Å². The number of aromatic nitrogens is 1. The predicted molar refractivity (Wildman–Crippen MR) is 78.1 cm³/mol. The van der Waals surface area contributed by atoms with E-state index in [-0.39, 0.29) is 12.0 Å². The third kappa shape index (κ3) is 2.84. The molecule has 0 radical (unpaired) electrons. The molecule has 6 nitrogen and oxygen atoms in total. The van der Waals surface area contributed by atoms with E-state index in [1.54, 1.807) is 22.8 Å². The molecule has 1 saturated heterocycles. The first kappa shape index (κ1) is 13.5. The highest BCUT2D eigenvalue weighted by Gasteiger charge is 2.23. The van der Waals surface area contributed by atoms with Gasteiger partial charge in [0.15, 0.2) is 0 Å². The molecule has 1 N–H and O–H groups in total. The Labute approximate surface area is 122 Å². The van der Waals surface area contributed by atoms with Crippen molar-refractivity contribution in [1.82, 2.24) is 14.8 Å². The summed E-state index contributed by atoms with van der Waals surface area (Å²) in [6.07, 6.45) is 1.48. The number of nitrogens with one attached hydrogen (secondary N) is 1. The second-order valence-corrected chi connectivity index (χ2v) is 5.09. The third-order valence-corrected chi connectivity index (χ3v) is 3.71. The monoisotopic (exact) mass is 287 g/mol. The van der Waals surface area contributed by atoms with Gasteiger partial charge < -0.3 is 19.5 Å². The largest absolute Gasteiger partial charge is 0.415 e. The van der Waals surface area contributed by atoms with Crippen molar-refractivity contribution in [2.45, 2.75) is 6.92 Å². The summed E-state index contributed by atoms with van der Waals surface area (Å²) in [6, 6.07) is 7.40. The lowest BCUT2D eigenvalue weighted by Gasteiger charge is -2.33. The first-order valence-electron chi connectivity index (χ1n) is 6.93. The van der Waals surface area contributed by atoms with Crippen LogP contribution in [-0.4, -0.2) is 53.0 Å². The van der Waals surface area contributed by atoms with E-state index in [2.05, 4.69) is 4.98 Å². The van der Waals surface area contributed by atoms with E-state index < -0.39 is 0 Å². The third-order valence-electron chi connectivity index (χ3n) is 3.71. The molecule has 3 rings (SSSR count). The fraction of sp³-hybridized carbons (Fsp3) is 0.333. The highest BCUT2D eigenvalue weighted by Crippen LogP contribution is 2.20. The van der Waals surface area contributed by atoms with Crippen LogP contribution >= 0.6 is 0 Å². The number of rotatable bonds is 1. The number of hydrogen-bond acceptors (Lipinski definition) is 3. The Hall–Kier alpha value is -2.50. The molecule has 2 amide bonds. The van der Waals surface area contributed by atoms with Gasteiger partial charge >= 0.3 is 6.09 Å². The van der Waals surface area contributed by atoms with Gasteiger partial charge in [0.05, 0.1) is 0 Å². The van der Waals surface area contributed by atoms with Gasteiger partial charge in [-0.2, -0.15) is 0 Å². The van der Waals surface area contributed by atoms with Crippen molar-refractivity contribution in [3.05, 3.63) is 30.5 Å². The highest BCUT2D eigenvalue weighted by molar-refractivity contribution is 5.82. The SMILES string of the molecule is CC(=O)N1CCN(C(=O)Oc2ccc3[nH]ccc3c2)CC1. The number of ether oxygens (including phenoxy) is 1. The molecule has 6 heteroatoms. The molecular formula is C15H17N3O3. The van der Waals surface area contributed by atoms with Crippen LogP contribution in [0.2, 0.25) is 0 Å². The summed E-state index contributed by atoms with van der Waals surface area (Å²) in [5.74, 6) is 0.571. The maximum Gasteiger partial charge on any atom is 0.415 e. The van der Waals surface area contributed by atoms with Crippen molar-refractivity contribution >= 4 is 22.9 Å². The molecule has 1 aliphatic rings. The molecule has 110 valence electrons. The van der Waals surface area contributed by atoms with Gasteiger partial charge in [-0.05, 0) is 24.3 Å². The summed E-state index contributed by atoms with van der Waals surface area (Å²) < 4.78 is 5.40. The Kier molecular flexibility index (Phi) is 3.51. The lowest BCUT2D eigenvalue weighted by atomic mass is 10.2. The van der Waals surface area contributed by atoms with Gasteiger partial charge in [0.1, 0.15) is 5.75 Å². The Morgan fingerprint density at radius 3 is 2.52 bits per heavy atom. The van der Waals surface area contributed by atoms with Crippen LogP contribution in [0.15, 0.2) is 30.5 Å². The number of nitrogens with zero attached hydrogens (tertiary/aromatic N) is 2. The zero-order valence-corrected chi connectivity index (χ0v) is 11.8. The average molecular weight is 287 g/mol. The van der Waals surface area contributed by atoms with Crippen molar-refractivity contribution in [2.24, 2.45) is 0 Å². The van der Waals surface area contributed by atoms with Crippen LogP contribution in [-0.2, 0) is 4.79 Å².